The molecule has 1 N–H and O–H groups in total. The second kappa shape index (κ2) is 5.60. The molecule has 2 aromatic carbocycles. The molecular weight excluding hydrogens is 236 g/mol. The van der Waals surface area contributed by atoms with Gasteiger partial charge >= 0.3 is 0 Å². The number of phenols is 1. The Hall–Kier alpha value is -1.67. The lowest BCUT2D eigenvalue weighted by Gasteiger charge is -2.12. The van der Waals surface area contributed by atoms with Crippen LogP contribution in [0.4, 0.5) is 0 Å². The van der Waals surface area contributed by atoms with Crippen molar-refractivity contribution in [1.82, 2.24) is 0 Å². The molecule has 0 spiro atoms. The molecule has 17 heavy (non-hydrogen) atoms. The molecule has 0 aliphatic rings. The Bertz CT molecular complexity index is 453. The van der Waals surface area contributed by atoms with E-state index in [2.05, 4.69) is 0 Å². The summed E-state index contributed by atoms with van der Waals surface area (Å²) in [5.41, 5.74) is 0.716. The third-order valence-electron chi connectivity index (χ3n) is 2.34. The first-order valence-corrected chi connectivity index (χ1v) is 5.81. The number of hydrogen-bond acceptors (Lipinski definition) is 2. The van der Waals surface area contributed by atoms with Crippen LogP contribution in [0.5, 0.6) is 11.5 Å². The molecule has 0 aromatic heterocycles. The molecule has 0 saturated heterocycles. The van der Waals surface area contributed by atoms with Crippen LogP contribution < -0.4 is 4.74 Å². The van der Waals surface area contributed by atoms with E-state index in [0.717, 1.165) is 5.56 Å². The van der Waals surface area contributed by atoms with Gasteiger partial charge in [0.2, 0.25) is 0 Å². The minimum Gasteiger partial charge on any atom is -0.508 e. The molecule has 2 nitrogen and oxygen atoms in total. The molecule has 0 radical (unpaired) electrons. The van der Waals surface area contributed by atoms with Crippen molar-refractivity contribution < 1.29 is 9.84 Å². The SMILES string of the molecule is Oc1ccc(OC(Cl)Cc2ccccc2)cc1. The molecule has 88 valence electrons. The minimum atomic E-state index is -0.415. The number of ether oxygens (including phenoxy) is 1. The van der Waals surface area contributed by atoms with Crippen LogP contribution in [0.3, 0.4) is 0 Å². The maximum absolute atomic E-state index is 9.14. The zero-order valence-corrected chi connectivity index (χ0v) is 9.97. The van der Waals surface area contributed by atoms with Crippen molar-refractivity contribution in [1.29, 1.82) is 0 Å². The van der Waals surface area contributed by atoms with E-state index in [9.17, 15) is 0 Å². The first-order chi connectivity index (χ1) is 8.24. The number of benzene rings is 2. The van der Waals surface area contributed by atoms with Gasteiger partial charge in [-0.05, 0) is 29.8 Å². The molecule has 0 heterocycles. The normalized spacial score (nSPS) is 12.1. The Labute approximate surface area is 105 Å². The quantitative estimate of drug-likeness (QED) is 0.838. The van der Waals surface area contributed by atoms with Crippen molar-refractivity contribution >= 4 is 11.6 Å². The predicted molar refractivity (Wildman–Crippen MR) is 68.5 cm³/mol. The van der Waals surface area contributed by atoms with Crippen LogP contribution in [-0.2, 0) is 6.42 Å². The molecule has 1 unspecified atom stereocenters. The van der Waals surface area contributed by atoms with Crippen LogP contribution in [0.2, 0.25) is 0 Å². The van der Waals surface area contributed by atoms with Crippen molar-refractivity contribution in [3.63, 3.8) is 0 Å². The molecule has 3 heteroatoms. The first kappa shape index (κ1) is 11.8. The number of halogens is 1. The molecule has 0 fully saturated rings. The highest BCUT2D eigenvalue weighted by atomic mass is 35.5. The van der Waals surface area contributed by atoms with E-state index >= 15 is 0 Å². The van der Waals surface area contributed by atoms with Gasteiger partial charge in [-0.1, -0.05) is 41.9 Å². The summed E-state index contributed by atoms with van der Waals surface area (Å²) in [6, 6.07) is 16.5. The molecule has 0 aliphatic carbocycles. The summed E-state index contributed by atoms with van der Waals surface area (Å²) >= 11 is 6.10. The van der Waals surface area contributed by atoms with Gasteiger partial charge in [-0.2, -0.15) is 0 Å². The summed E-state index contributed by atoms with van der Waals surface area (Å²) in [5, 5.41) is 9.14. The summed E-state index contributed by atoms with van der Waals surface area (Å²) in [6.45, 7) is 0. The lowest BCUT2D eigenvalue weighted by molar-refractivity contribution is 0.281. The van der Waals surface area contributed by atoms with Gasteiger partial charge in [0.15, 0.2) is 5.56 Å². The van der Waals surface area contributed by atoms with Crippen molar-refractivity contribution in [2.24, 2.45) is 0 Å². The van der Waals surface area contributed by atoms with E-state index in [1.807, 2.05) is 30.3 Å². The van der Waals surface area contributed by atoms with Gasteiger partial charge in [-0.25, -0.2) is 0 Å². The molecule has 0 aliphatic heterocycles. The predicted octanol–water partition coefficient (Wildman–Crippen LogP) is 3.58. The number of hydrogen-bond donors (Lipinski definition) is 1. The zero-order chi connectivity index (χ0) is 12.1. The van der Waals surface area contributed by atoms with Gasteiger partial charge in [0, 0.05) is 6.42 Å². The smallest absolute Gasteiger partial charge is 0.176 e. The van der Waals surface area contributed by atoms with E-state index in [1.54, 1.807) is 24.3 Å². The van der Waals surface area contributed by atoms with Gasteiger partial charge in [0.05, 0.1) is 0 Å². The fourth-order valence-corrected chi connectivity index (χ4v) is 1.79. The van der Waals surface area contributed by atoms with Crippen LogP contribution >= 0.6 is 11.6 Å². The molecule has 2 aromatic rings. The van der Waals surface area contributed by atoms with E-state index in [0.29, 0.717) is 12.2 Å². The average Bonchev–Trinajstić information content (AvgIpc) is 2.33. The second-order valence-electron chi connectivity index (χ2n) is 3.71. The zero-order valence-electron chi connectivity index (χ0n) is 9.21. The molecule has 0 saturated carbocycles. The van der Waals surface area contributed by atoms with Crippen molar-refractivity contribution in [3.8, 4) is 11.5 Å². The highest BCUT2D eigenvalue weighted by Crippen LogP contribution is 2.19. The monoisotopic (exact) mass is 248 g/mol. The fourth-order valence-electron chi connectivity index (χ4n) is 1.51. The van der Waals surface area contributed by atoms with E-state index < -0.39 is 5.56 Å². The largest absolute Gasteiger partial charge is 0.508 e. The number of phenolic OH excluding ortho intramolecular Hbond substituents is 1. The number of aromatic hydroxyl groups is 1. The number of alkyl halides is 1. The summed E-state index contributed by atoms with van der Waals surface area (Å²) in [4.78, 5) is 0. The van der Waals surface area contributed by atoms with Crippen LogP contribution in [0, 0.1) is 0 Å². The van der Waals surface area contributed by atoms with Crippen LogP contribution in [-0.4, -0.2) is 10.7 Å². The lowest BCUT2D eigenvalue weighted by atomic mass is 10.2. The fraction of sp³-hybridized carbons (Fsp3) is 0.143. The summed E-state index contributed by atoms with van der Waals surface area (Å²) in [7, 11) is 0. The Balaban J connectivity index is 1.93. The maximum Gasteiger partial charge on any atom is 0.176 e. The van der Waals surface area contributed by atoms with Gasteiger partial charge in [-0.3, -0.25) is 0 Å². The standard InChI is InChI=1S/C14H13ClO2/c15-14(10-11-4-2-1-3-5-11)17-13-8-6-12(16)7-9-13/h1-9,14,16H,10H2. The summed E-state index contributed by atoms with van der Waals surface area (Å²) in [6.07, 6.45) is 0.642. The van der Waals surface area contributed by atoms with Gasteiger partial charge in [-0.15, -0.1) is 0 Å². The third kappa shape index (κ3) is 3.68. The summed E-state index contributed by atoms with van der Waals surface area (Å²) in [5.74, 6) is 0.866. The van der Waals surface area contributed by atoms with Crippen LogP contribution in [0.1, 0.15) is 5.56 Å². The Morgan fingerprint density at radius 1 is 1.00 bits per heavy atom. The molecule has 0 bridgehead atoms. The van der Waals surface area contributed by atoms with Crippen molar-refractivity contribution in [2.45, 2.75) is 12.0 Å². The van der Waals surface area contributed by atoms with Crippen LogP contribution in [0.25, 0.3) is 0 Å². The average molecular weight is 249 g/mol. The van der Waals surface area contributed by atoms with E-state index in [1.165, 1.54) is 0 Å². The Kier molecular flexibility index (Phi) is 3.89. The van der Waals surface area contributed by atoms with E-state index in [4.69, 9.17) is 21.4 Å². The second-order valence-corrected chi connectivity index (χ2v) is 4.20. The summed E-state index contributed by atoms with van der Waals surface area (Å²) < 4.78 is 5.53. The lowest BCUT2D eigenvalue weighted by Crippen LogP contribution is -2.11. The van der Waals surface area contributed by atoms with Gasteiger partial charge < -0.3 is 9.84 Å². The highest BCUT2D eigenvalue weighted by molar-refractivity contribution is 6.20. The van der Waals surface area contributed by atoms with Crippen molar-refractivity contribution in [3.05, 3.63) is 60.2 Å². The first-order valence-electron chi connectivity index (χ1n) is 5.38. The molecule has 1 atom stereocenters. The topological polar surface area (TPSA) is 29.5 Å². The van der Waals surface area contributed by atoms with Gasteiger partial charge in [0.25, 0.3) is 0 Å². The van der Waals surface area contributed by atoms with Crippen LogP contribution in [0.15, 0.2) is 54.6 Å². The number of rotatable bonds is 4. The van der Waals surface area contributed by atoms with Crippen molar-refractivity contribution in [2.75, 3.05) is 0 Å². The van der Waals surface area contributed by atoms with E-state index in [-0.39, 0.29) is 5.75 Å². The highest BCUT2D eigenvalue weighted by Gasteiger charge is 2.07. The Morgan fingerprint density at radius 3 is 2.29 bits per heavy atom. The third-order valence-corrected chi connectivity index (χ3v) is 2.58. The molecule has 0 amide bonds. The maximum atomic E-state index is 9.14. The minimum absolute atomic E-state index is 0.214. The Morgan fingerprint density at radius 2 is 1.65 bits per heavy atom. The molecule has 2 rings (SSSR count). The molecular formula is C14H13ClO2. The van der Waals surface area contributed by atoms with Gasteiger partial charge in [0.1, 0.15) is 11.5 Å².